The maximum Gasteiger partial charge on any atom is 0.308 e. The number of hydrogen-bond acceptors (Lipinski definition) is 4. The van der Waals surface area contributed by atoms with E-state index >= 15 is 0 Å². The van der Waals surface area contributed by atoms with Crippen LogP contribution in [0, 0.1) is 11.8 Å². The van der Waals surface area contributed by atoms with Crippen molar-refractivity contribution >= 4 is 21.5 Å². The molecule has 0 radical (unpaired) electrons. The minimum absolute atomic E-state index is 0.00632. The normalized spacial score (nSPS) is 21.5. The zero-order valence-corrected chi connectivity index (χ0v) is 16.4. The van der Waals surface area contributed by atoms with Crippen molar-refractivity contribution in [1.82, 2.24) is 0 Å². The van der Waals surface area contributed by atoms with Gasteiger partial charge in [0.1, 0.15) is 0 Å². The van der Waals surface area contributed by atoms with Crippen LogP contribution in [-0.2, 0) is 19.1 Å². The Bertz CT molecular complexity index is 338. The molecule has 1 rings (SSSR count). The van der Waals surface area contributed by atoms with Crippen LogP contribution in [0.4, 0.5) is 0 Å². The summed E-state index contributed by atoms with van der Waals surface area (Å²) in [4.78, 5) is 23.4. The Balaban J connectivity index is 1.96. The Labute approximate surface area is 143 Å². The molecule has 0 aromatic carbocycles. The zero-order chi connectivity index (χ0) is 16.9. The lowest BCUT2D eigenvalue weighted by Crippen LogP contribution is -2.23. The predicted molar refractivity (Wildman–Crippen MR) is 95.3 cm³/mol. The lowest BCUT2D eigenvalue weighted by atomic mass is 9.81. The third kappa shape index (κ3) is 9.13. The SMILES string of the molecule is CCC1CCC(C(=O)OCCCCCC(=O)OCC[SiH2]C)CC1. The standard InChI is InChI=1S/C18H34O4Si/c1-3-15-8-10-16(11-9-15)18(20)22-12-6-4-5-7-17(19)21-13-14-23-2/h15-16H,3-14,23H2,1-2H3. The maximum atomic E-state index is 12.0. The van der Waals surface area contributed by atoms with Crippen molar-refractivity contribution in [3.63, 3.8) is 0 Å². The fourth-order valence-corrected chi connectivity index (χ4v) is 3.48. The van der Waals surface area contributed by atoms with Gasteiger partial charge in [-0.25, -0.2) is 0 Å². The number of unbranched alkanes of at least 4 members (excludes halogenated alkanes) is 2. The van der Waals surface area contributed by atoms with Crippen molar-refractivity contribution in [1.29, 1.82) is 0 Å². The van der Waals surface area contributed by atoms with Gasteiger partial charge in [-0.1, -0.05) is 19.9 Å². The van der Waals surface area contributed by atoms with Crippen LogP contribution in [0.5, 0.6) is 0 Å². The van der Waals surface area contributed by atoms with Gasteiger partial charge >= 0.3 is 11.9 Å². The number of carbonyl (C=O) groups excluding carboxylic acids is 2. The molecule has 1 fully saturated rings. The highest BCUT2D eigenvalue weighted by Crippen LogP contribution is 2.31. The summed E-state index contributed by atoms with van der Waals surface area (Å²) in [5.74, 6) is 0.827. The number of carbonyl (C=O) groups is 2. The Morgan fingerprint density at radius 1 is 1.00 bits per heavy atom. The minimum atomic E-state index is -0.0860. The summed E-state index contributed by atoms with van der Waals surface area (Å²) in [6.45, 7) is 5.53. The molecule has 0 saturated heterocycles. The highest BCUT2D eigenvalue weighted by atomic mass is 28.2. The molecule has 23 heavy (non-hydrogen) atoms. The summed E-state index contributed by atoms with van der Waals surface area (Å²) < 4.78 is 10.5. The van der Waals surface area contributed by atoms with E-state index < -0.39 is 0 Å². The summed E-state index contributed by atoms with van der Waals surface area (Å²) in [6, 6.07) is 1.07. The second-order valence-corrected chi connectivity index (χ2v) is 8.39. The lowest BCUT2D eigenvalue weighted by molar-refractivity contribution is -0.150. The summed E-state index contributed by atoms with van der Waals surface area (Å²) in [6.07, 6.45) is 8.59. The Morgan fingerprint density at radius 3 is 2.39 bits per heavy atom. The van der Waals surface area contributed by atoms with Gasteiger partial charge in [-0.2, -0.15) is 0 Å². The van der Waals surface area contributed by atoms with Crippen molar-refractivity contribution in [2.24, 2.45) is 11.8 Å². The number of rotatable bonds is 11. The first-order chi connectivity index (χ1) is 11.2. The average molecular weight is 343 g/mol. The summed E-state index contributed by atoms with van der Waals surface area (Å²) in [5.41, 5.74) is 0. The smallest absolute Gasteiger partial charge is 0.308 e. The predicted octanol–water partition coefficient (Wildman–Crippen LogP) is 3.48. The topological polar surface area (TPSA) is 52.6 Å². The first-order valence-corrected chi connectivity index (χ1v) is 11.9. The van der Waals surface area contributed by atoms with E-state index in [4.69, 9.17) is 9.47 Å². The third-order valence-corrected chi connectivity index (χ3v) is 5.78. The van der Waals surface area contributed by atoms with Crippen molar-refractivity contribution in [2.75, 3.05) is 13.2 Å². The second-order valence-electron chi connectivity index (χ2n) is 6.68. The molecule has 0 heterocycles. The fraction of sp³-hybridized carbons (Fsp3) is 0.889. The van der Waals surface area contributed by atoms with Gasteiger partial charge in [-0.3, -0.25) is 9.59 Å². The van der Waals surface area contributed by atoms with Gasteiger partial charge in [0.25, 0.3) is 0 Å². The Hall–Kier alpha value is -0.843. The first-order valence-electron chi connectivity index (χ1n) is 9.49. The first kappa shape index (κ1) is 20.2. The average Bonchev–Trinajstić information content (AvgIpc) is 2.58. The molecule has 1 aliphatic rings. The van der Waals surface area contributed by atoms with Crippen molar-refractivity contribution < 1.29 is 19.1 Å². The van der Waals surface area contributed by atoms with E-state index in [1.165, 1.54) is 19.3 Å². The van der Waals surface area contributed by atoms with Gasteiger partial charge in [0.2, 0.25) is 0 Å². The van der Waals surface area contributed by atoms with E-state index in [9.17, 15) is 9.59 Å². The second kappa shape index (κ2) is 12.6. The fourth-order valence-electron chi connectivity index (χ4n) is 3.05. The minimum Gasteiger partial charge on any atom is -0.466 e. The third-order valence-electron chi connectivity index (χ3n) is 4.79. The number of ether oxygens (including phenoxy) is 2. The van der Waals surface area contributed by atoms with Gasteiger partial charge in [-0.05, 0) is 56.9 Å². The molecule has 0 spiro atoms. The molecule has 5 heteroatoms. The van der Waals surface area contributed by atoms with Crippen molar-refractivity contribution in [3.05, 3.63) is 0 Å². The Kier molecular flexibility index (Phi) is 11.0. The van der Waals surface area contributed by atoms with Crippen LogP contribution in [0.3, 0.4) is 0 Å². The van der Waals surface area contributed by atoms with Crippen LogP contribution in [0.1, 0.15) is 64.7 Å². The van der Waals surface area contributed by atoms with Crippen LogP contribution in [0.25, 0.3) is 0 Å². The van der Waals surface area contributed by atoms with Gasteiger partial charge < -0.3 is 9.47 Å². The molecule has 1 aliphatic carbocycles. The van der Waals surface area contributed by atoms with E-state index in [0.29, 0.717) is 19.6 Å². The zero-order valence-electron chi connectivity index (χ0n) is 15.0. The van der Waals surface area contributed by atoms with Crippen LogP contribution >= 0.6 is 0 Å². The number of hydrogen-bond donors (Lipinski definition) is 0. The van der Waals surface area contributed by atoms with Crippen LogP contribution < -0.4 is 0 Å². The van der Waals surface area contributed by atoms with Gasteiger partial charge in [0.05, 0.1) is 19.1 Å². The summed E-state index contributed by atoms with van der Waals surface area (Å²) in [5, 5.41) is 0. The highest BCUT2D eigenvalue weighted by Gasteiger charge is 2.26. The molecule has 4 nitrogen and oxygen atoms in total. The van der Waals surface area contributed by atoms with Gasteiger partial charge in [0.15, 0.2) is 0 Å². The molecule has 134 valence electrons. The van der Waals surface area contributed by atoms with Crippen LogP contribution in [-0.4, -0.2) is 34.7 Å². The van der Waals surface area contributed by atoms with E-state index in [0.717, 1.165) is 44.1 Å². The monoisotopic (exact) mass is 342 g/mol. The molecular formula is C18H34O4Si. The molecule has 0 unspecified atom stereocenters. The Morgan fingerprint density at radius 2 is 1.74 bits per heavy atom. The molecule has 0 aromatic heterocycles. The quantitative estimate of drug-likeness (QED) is 0.328. The summed E-state index contributed by atoms with van der Waals surface area (Å²) in [7, 11) is -0.00632. The molecule has 0 amide bonds. The molecule has 1 saturated carbocycles. The van der Waals surface area contributed by atoms with E-state index in [2.05, 4.69) is 13.5 Å². The van der Waals surface area contributed by atoms with E-state index in [-0.39, 0.29) is 27.4 Å². The van der Waals surface area contributed by atoms with E-state index in [1.54, 1.807) is 0 Å². The number of esters is 2. The van der Waals surface area contributed by atoms with Gasteiger partial charge in [-0.15, -0.1) is 0 Å². The highest BCUT2D eigenvalue weighted by molar-refractivity contribution is 6.33. The molecule has 0 N–H and O–H groups in total. The molecule has 0 aliphatic heterocycles. The van der Waals surface area contributed by atoms with Crippen molar-refractivity contribution in [3.8, 4) is 0 Å². The molecule has 0 aromatic rings. The maximum absolute atomic E-state index is 12.0. The lowest BCUT2D eigenvalue weighted by Gasteiger charge is -2.26. The van der Waals surface area contributed by atoms with Gasteiger partial charge in [0, 0.05) is 15.9 Å². The van der Waals surface area contributed by atoms with Crippen LogP contribution in [0.2, 0.25) is 12.6 Å². The molecule has 0 atom stereocenters. The summed E-state index contributed by atoms with van der Waals surface area (Å²) >= 11 is 0. The van der Waals surface area contributed by atoms with E-state index in [1.807, 2.05) is 0 Å². The molecular weight excluding hydrogens is 308 g/mol. The largest absolute Gasteiger partial charge is 0.466 e. The van der Waals surface area contributed by atoms with Crippen LogP contribution in [0.15, 0.2) is 0 Å². The van der Waals surface area contributed by atoms with Crippen molar-refractivity contribution in [2.45, 2.75) is 77.3 Å². The molecule has 0 bridgehead atoms.